The fraction of sp³-hybridized carbons (Fsp3) is 0.0238. The van der Waals surface area contributed by atoms with Crippen LogP contribution in [0.4, 0.5) is 11.4 Å². The Hall–Kier alpha value is -5.67. The van der Waals surface area contributed by atoms with Gasteiger partial charge in [0.05, 0.1) is 0 Å². The van der Waals surface area contributed by atoms with E-state index in [-0.39, 0.29) is 6.85 Å². The lowest BCUT2D eigenvalue weighted by atomic mass is 9.43. The Kier molecular flexibility index (Phi) is 5.85. The molecule has 7 aromatic rings. The molecule has 1 aromatic heterocycles. The van der Waals surface area contributed by atoms with Crippen molar-refractivity contribution in [1.82, 2.24) is 4.98 Å². The van der Waals surface area contributed by atoms with Crippen molar-refractivity contribution in [3.8, 4) is 55.6 Å². The molecule has 0 radical (unpaired) electrons. The first-order valence-corrected chi connectivity index (χ1v) is 15.6. The molecule has 0 saturated heterocycles. The van der Waals surface area contributed by atoms with Crippen LogP contribution in [0.2, 0.25) is 0 Å². The summed E-state index contributed by atoms with van der Waals surface area (Å²) in [7, 11) is 0. The van der Waals surface area contributed by atoms with Gasteiger partial charge in [0.2, 0.25) is 0 Å². The maximum Gasteiger partial charge on any atom is 0.329 e. The third-order valence-corrected chi connectivity index (χ3v) is 9.52. The van der Waals surface area contributed by atoms with Gasteiger partial charge in [0.1, 0.15) is 0 Å². The lowest BCUT2D eigenvalue weighted by Gasteiger charge is -2.43. The Balaban J connectivity index is 1.32. The molecule has 2 nitrogen and oxygen atoms in total. The van der Waals surface area contributed by atoms with Crippen LogP contribution in [0, 0.1) is 6.92 Å². The average Bonchev–Trinajstić information content (AvgIpc) is 3.11. The molecular formula is C42H29BN2. The number of nitrogens with zero attached hydrogens (tertiary/aromatic N) is 2. The number of hydrogen-bond donors (Lipinski definition) is 0. The highest BCUT2D eigenvalue weighted by Crippen LogP contribution is 2.48. The van der Waals surface area contributed by atoms with Gasteiger partial charge in [-0.05, 0) is 92.7 Å². The standard InChI is InChI=1S/C42H29BN2/c1-28-22-23-44-27-38(28)33-16-19-35-37-25-32(30-12-6-3-7-13-30)18-21-42(37)45-41-20-17-31(29-10-4-2-5-11-29)24-36(41)34-14-8-9-15-39(34)43(45)40(35)26-33/h2-27H,1H3. The van der Waals surface area contributed by atoms with Crippen LogP contribution >= 0.6 is 0 Å². The summed E-state index contributed by atoms with van der Waals surface area (Å²) in [5.41, 5.74) is 18.7. The van der Waals surface area contributed by atoms with Crippen molar-refractivity contribution in [3.63, 3.8) is 0 Å². The lowest BCUT2D eigenvalue weighted by Crippen LogP contribution is -2.59. The van der Waals surface area contributed by atoms with Gasteiger partial charge < -0.3 is 4.81 Å². The van der Waals surface area contributed by atoms with E-state index >= 15 is 0 Å². The Labute approximate surface area is 264 Å². The molecule has 6 aromatic carbocycles. The fourth-order valence-corrected chi connectivity index (χ4v) is 7.35. The summed E-state index contributed by atoms with van der Waals surface area (Å²) < 4.78 is 0. The third-order valence-electron chi connectivity index (χ3n) is 9.52. The zero-order valence-corrected chi connectivity index (χ0v) is 25.0. The minimum atomic E-state index is 0.0401. The Morgan fingerprint density at radius 1 is 0.444 bits per heavy atom. The zero-order valence-electron chi connectivity index (χ0n) is 25.0. The first-order chi connectivity index (χ1) is 22.2. The second kappa shape index (κ2) is 10.2. The molecule has 210 valence electrons. The van der Waals surface area contributed by atoms with Crippen LogP contribution in [0.25, 0.3) is 55.6 Å². The number of aromatic nitrogens is 1. The van der Waals surface area contributed by atoms with Crippen molar-refractivity contribution in [2.45, 2.75) is 6.92 Å². The normalized spacial score (nSPS) is 12.5. The molecule has 9 rings (SSSR count). The van der Waals surface area contributed by atoms with Gasteiger partial charge in [0, 0.05) is 40.5 Å². The summed E-state index contributed by atoms with van der Waals surface area (Å²) in [5, 5.41) is 0. The van der Waals surface area contributed by atoms with Crippen LogP contribution in [0.15, 0.2) is 158 Å². The monoisotopic (exact) mass is 572 g/mol. The quantitative estimate of drug-likeness (QED) is 0.196. The molecular weight excluding hydrogens is 543 g/mol. The van der Waals surface area contributed by atoms with Gasteiger partial charge in [0.25, 0.3) is 0 Å². The number of anilines is 2. The molecule has 2 aliphatic heterocycles. The number of aryl methyl sites for hydroxylation is 1. The van der Waals surface area contributed by atoms with Crippen molar-refractivity contribution in [3.05, 3.63) is 164 Å². The molecule has 0 amide bonds. The van der Waals surface area contributed by atoms with Gasteiger partial charge in [-0.2, -0.15) is 0 Å². The van der Waals surface area contributed by atoms with E-state index in [9.17, 15) is 0 Å². The molecule has 0 N–H and O–H groups in total. The van der Waals surface area contributed by atoms with E-state index in [0.29, 0.717) is 0 Å². The summed E-state index contributed by atoms with van der Waals surface area (Å²) in [5.74, 6) is 0. The lowest BCUT2D eigenvalue weighted by molar-refractivity contribution is 1.29. The summed E-state index contributed by atoms with van der Waals surface area (Å²) in [6.45, 7) is 2.21. The first-order valence-electron chi connectivity index (χ1n) is 15.6. The van der Waals surface area contributed by atoms with Crippen LogP contribution in [-0.4, -0.2) is 11.8 Å². The van der Waals surface area contributed by atoms with Crippen LogP contribution in [0.3, 0.4) is 0 Å². The minimum Gasteiger partial charge on any atom is -0.376 e. The molecule has 3 heteroatoms. The summed E-state index contributed by atoms with van der Waals surface area (Å²) >= 11 is 0. The second-order valence-corrected chi connectivity index (χ2v) is 12.0. The van der Waals surface area contributed by atoms with Crippen LogP contribution in [0.5, 0.6) is 0 Å². The molecule has 45 heavy (non-hydrogen) atoms. The van der Waals surface area contributed by atoms with Crippen molar-refractivity contribution in [2.75, 3.05) is 4.81 Å². The van der Waals surface area contributed by atoms with Gasteiger partial charge in [-0.1, -0.05) is 115 Å². The molecule has 0 saturated carbocycles. The summed E-state index contributed by atoms with van der Waals surface area (Å²) in [4.78, 5) is 7.07. The van der Waals surface area contributed by atoms with E-state index in [0.717, 1.165) is 0 Å². The number of hydrogen-bond acceptors (Lipinski definition) is 2. The van der Waals surface area contributed by atoms with Crippen LogP contribution in [-0.2, 0) is 0 Å². The van der Waals surface area contributed by atoms with Crippen molar-refractivity contribution in [1.29, 1.82) is 0 Å². The smallest absolute Gasteiger partial charge is 0.329 e. The largest absolute Gasteiger partial charge is 0.376 e. The summed E-state index contributed by atoms with van der Waals surface area (Å²) in [6, 6.07) is 53.5. The number of rotatable bonds is 3. The van der Waals surface area contributed by atoms with Crippen LogP contribution < -0.4 is 15.7 Å². The Bertz CT molecular complexity index is 2240. The zero-order chi connectivity index (χ0) is 29.9. The van der Waals surface area contributed by atoms with E-state index in [2.05, 4.69) is 162 Å². The van der Waals surface area contributed by atoms with E-state index in [1.54, 1.807) is 0 Å². The summed E-state index contributed by atoms with van der Waals surface area (Å²) in [6.07, 6.45) is 3.87. The SMILES string of the molecule is Cc1ccncc1-c1ccc2c(c1)B1c3ccccc3-c3cc(-c4ccccc4)ccc3N1c1ccc(-c3ccccc3)cc1-2. The predicted octanol–water partition coefficient (Wildman–Crippen LogP) is 9.30. The van der Waals surface area contributed by atoms with E-state index in [4.69, 9.17) is 0 Å². The fourth-order valence-electron chi connectivity index (χ4n) is 7.35. The topological polar surface area (TPSA) is 16.1 Å². The predicted molar refractivity (Wildman–Crippen MR) is 190 cm³/mol. The Morgan fingerprint density at radius 2 is 1.02 bits per heavy atom. The van der Waals surface area contributed by atoms with Gasteiger partial charge >= 0.3 is 6.85 Å². The van der Waals surface area contributed by atoms with E-state index in [1.807, 2.05) is 12.4 Å². The molecule has 0 bridgehead atoms. The highest BCUT2D eigenvalue weighted by Gasteiger charge is 2.42. The number of benzene rings is 6. The Morgan fingerprint density at radius 3 is 1.67 bits per heavy atom. The third kappa shape index (κ3) is 4.08. The molecule has 0 fully saturated rings. The average molecular weight is 573 g/mol. The van der Waals surface area contributed by atoms with E-state index < -0.39 is 0 Å². The highest BCUT2D eigenvalue weighted by molar-refractivity contribution is 6.92. The first kappa shape index (κ1) is 25.8. The molecule has 3 heterocycles. The van der Waals surface area contributed by atoms with Gasteiger partial charge in [-0.25, -0.2) is 0 Å². The molecule has 0 spiro atoms. The maximum atomic E-state index is 4.49. The maximum absolute atomic E-state index is 4.49. The van der Waals surface area contributed by atoms with E-state index in [1.165, 1.54) is 83.5 Å². The minimum absolute atomic E-state index is 0.0401. The van der Waals surface area contributed by atoms with Gasteiger partial charge in [-0.15, -0.1) is 0 Å². The molecule has 0 aliphatic carbocycles. The van der Waals surface area contributed by atoms with Gasteiger partial charge in [0.15, 0.2) is 0 Å². The molecule has 0 unspecified atom stereocenters. The second-order valence-electron chi connectivity index (χ2n) is 12.0. The van der Waals surface area contributed by atoms with Crippen molar-refractivity contribution < 1.29 is 0 Å². The van der Waals surface area contributed by atoms with Crippen molar-refractivity contribution in [2.24, 2.45) is 0 Å². The molecule has 2 aliphatic rings. The number of fused-ring (bicyclic) bond motifs is 11. The van der Waals surface area contributed by atoms with Crippen LogP contribution in [0.1, 0.15) is 5.56 Å². The van der Waals surface area contributed by atoms with Gasteiger partial charge in [-0.3, -0.25) is 4.98 Å². The highest BCUT2D eigenvalue weighted by atomic mass is 15.1. The molecule has 0 atom stereocenters. The van der Waals surface area contributed by atoms with Crippen molar-refractivity contribution >= 4 is 29.1 Å². The number of pyridine rings is 1.